The first-order valence-electron chi connectivity index (χ1n) is 33.8. The predicted octanol–water partition coefficient (Wildman–Crippen LogP) is 20.9. The lowest BCUT2D eigenvalue weighted by molar-refractivity contribution is -0.161. The highest BCUT2D eigenvalue weighted by molar-refractivity contribution is 7.47. The van der Waals surface area contributed by atoms with E-state index >= 15 is 0 Å². The molecule has 3 unspecified atom stereocenters. The Hall–Kier alpha value is -3.86. The van der Waals surface area contributed by atoms with Crippen molar-refractivity contribution in [1.82, 2.24) is 0 Å². The molecule has 0 heterocycles. The van der Waals surface area contributed by atoms with Crippen LogP contribution in [0.15, 0.2) is 109 Å². The van der Waals surface area contributed by atoms with Crippen molar-refractivity contribution >= 4 is 25.7 Å². The van der Waals surface area contributed by atoms with Crippen LogP contribution in [0.2, 0.25) is 0 Å². The zero-order valence-electron chi connectivity index (χ0n) is 53.6. The van der Waals surface area contributed by atoms with Crippen molar-refractivity contribution in [2.45, 2.75) is 303 Å². The number of aliphatic hydroxyl groups is 1. The molecule has 84 heavy (non-hydrogen) atoms. The van der Waals surface area contributed by atoms with E-state index in [0.717, 1.165) is 122 Å². The van der Waals surface area contributed by atoms with Gasteiger partial charge in [0.2, 0.25) is 0 Å². The minimum atomic E-state index is -4.77. The second-order valence-electron chi connectivity index (χ2n) is 22.2. The van der Waals surface area contributed by atoms with Crippen molar-refractivity contribution in [3.63, 3.8) is 0 Å². The van der Waals surface area contributed by atoms with Gasteiger partial charge in [0.1, 0.15) is 12.7 Å². The summed E-state index contributed by atoms with van der Waals surface area (Å²) in [6.07, 6.45) is 80.3. The van der Waals surface area contributed by atoms with E-state index in [4.69, 9.17) is 23.3 Å². The Kier molecular flexibility index (Phi) is 62.1. The standard InChI is InChI=1S/C72H123O11P/c1-4-7-10-13-16-19-22-25-28-31-34-37-40-43-46-49-52-55-58-61-70(74)79-65-69(83-72(76)63-60-57-54-51-48-45-42-39-36-33-30-27-24-21-18-15-12-9-6-3)67-81-84(77,78)80-66-68(64-73)82-71(75)62-59-56-53-50-47-44-41-38-35-32-29-26-23-20-17-14-11-8-5-2/h7,10,16,18-19,21,25-30,34,36-37,39,43,46,68-69,73H,4-6,8-9,11-15,17,20,22-24,31-33,35,38,40-42,44-45,47-67H2,1-3H3,(H,77,78)/b10-7-,19-16-,21-18-,28-25-,29-26-,30-27-,37-34-,39-36-,46-43-. The second kappa shape index (κ2) is 65.1. The molecule has 0 rings (SSSR count). The van der Waals surface area contributed by atoms with Crippen LogP contribution in [0.3, 0.4) is 0 Å². The summed E-state index contributed by atoms with van der Waals surface area (Å²) >= 11 is 0. The van der Waals surface area contributed by atoms with Gasteiger partial charge in [-0.25, -0.2) is 4.57 Å². The Morgan fingerprint density at radius 3 is 1.00 bits per heavy atom. The van der Waals surface area contributed by atoms with Gasteiger partial charge in [0.25, 0.3) is 0 Å². The van der Waals surface area contributed by atoms with Gasteiger partial charge in [0.15, 0.2) is 6.10 Å². The monoisotopic (exact) mass is 1190 g/mol. The number of hydrogen-bond acceptors (Lipinski definition) is 10. The maximum Gasteiger partial charge on any atom is 0.472 e. The summed E-state index contributed by atoms with van der Waals surface area (Å²) in [5.41, 5.74) is 0. The summed E-state index contributed by atoms with van der Waals surface area (Å²) in [6.45, 7) is 4.48. The van der Waals surface area contributed by atoms with Crippen LogP contribution in [-0.4, -0.2) is 66.5 Å². The first kappa shape index (κ1) is 80.1. The van der Waals surface area contributed by atoms with Crippen molar-refractivity contribution in [2.24, 2.45) is 0 Å². The molecule has 0 aromatic heterocycles. The molecule has 0 saturated heterocycles. The Labute approximate surface area is 514 Å². The molecular weight excluding hydrogens is 1070 g/mol. The molecule has 0 spiro atoms. The molecule has 3 atom stereocenters. The molecule has 2 N–H and O–H groups in total. The first-order valence-corrected chi connectivity index (χ1v) is 35.3. The van der Waals surface area contributed by atoms with E-state index in [0.29, 0.717) is 19.3 Å². The van der Waals surface area contributed by atoms with Crippen LogP contribution in [0.4, 0.5) is 0 Å². The van der Waals surface area contributed by atoms with Gasteiger partial charge in [-0.2, -0.15) is 0 Å². The van der Waals surface area contributed by atoms with Gasteiger partial charge in [-0.1, -0.05) is 252 Å². The quantitative estimate of drug-likeness (QED) is 0.0197. The Bertz CT molecular complexity index is 1830. The molecule has 0 fully saturated rings. The average molecular weight is 1200 g/mol. The number of carbonyl (C=O) groups excluding carboxylic acids is 3. The first-order chi connectivity index (χ1) is 41.2. The smallest absolute Gasteiger partial charge is 0.462 e. The Morgan fingerprint density at radius 2 is 0.619 bits per heavy atom. The predicted molar refractivity (Wildman–Crippen MR) is 353 cm³/mol. The zero-order valence-corrected chi connectivity index (χ0v) is 54.5. The Morgan fingerprint density at radius 1 is 0.345 bits per heavy atom. The number of phosphoric ester groups is 1. The molecule has 0 aliphatic carbocycles. The molecule has 0 bridgehead atoms. The van der Waals surface area contributed by atoms with Gasteiger partial charge in [-0.05, 0) is 128 Å². The minimum absolute atomic E-state index is 0.141. The van der Waals surface area contributed by atoms with Crippen molar-refractivity contribution in [1.29, 1.82) is 0 Å². The van der Waals surface area contributed by atoms with Gasteiger partial charge in [-0.15, -0.1) is 0 Å². The average Bonchev–Trinajstić information content (AvgIpc) is 3.55. The summed E-state index contributed by atoms with van der Waals surface area (Å²) in [5, 5.41) is 9.88. The molecule has 0 saturated carbocycles. The van der Waals surface area contributed by atoms with Crippen LogP contribution in [0, 0.1) is 0 Å². The van der Waals surface area contributed by atoms with Crippen molar-refractivity contribution in [3.8, 4) is 0 Å². The van der Waals surface area contributed by atoms with Gasteiger partial charge in [0.05, 0.1) is 19.8 Å². The van der Waals surface area contributed by atoms with Crippen molar-refractivity contribution in [3.05, 3.63) is 109 Å². The molecule has 0 aromatic rings. The number of unbranched alkanes of at least 4 members (excludes halogenated alkanes) is 27. The van der Waals surface area contributed by atoms with E-state index in [-0.39, 0.29) is 25.9 Å². The summed E-state index contributed by atoms with van der Waals surface area (Å²) < 4.78 is 39.7. The third-order valence-electron chi connectivity index (χ3n) is 14.1. The summed E-state index contributed by atoms with van der Waals surface area (Å²) in [5.74, 6) is -1.52. The maximum absolute atomic E-state index is 13.0. The van der Waals surface area contributed by atoms with Gasteiger partial charge < -0.3 is 24.2 Å². The van der Waals surface area contributed by atoms with Crippen LogP contribution >= 0.6 is 7.82 Å². The largest absolute Gasteiger partial charge is 0.472 e. The third kappa shape index (κ3) is 62.7. The molecule has 11 nitrogen and oxygen atoms in total. The fourth-order valence-corrected chi connectivity index (χ4v) is 9.82. The normalized spacial score (nSPS) is 13.9. The number of allylic oxidation sites excluding steroid dienone is 18. The highest BCUT2D eigenvalue weighted by Crippen LogP contribution is 2.43. The molecule has 0 radical (unpaired) electrons. The number of esters is 3. The highest BCUT2D eigenvalue weighted by Gasteiger charge is 2.28. The summed E-state index contributed by atoms with van der Waals surface area (Å²) in [4.78, 5) is 48.9. The number of hydrogen-bond donors (Lipinski definition) is 2. The van der Waals surface area contributed by atoms with Crippen LogP contribution in [0.5, 0.6) is 0 Å². The van der Waals surface area contributed by atoms with E-state index in [1.807, 2.05) is 0 Å². The Balaban J connectivity index is 4.76. The molecule has 12 heteroatoms. The number of ether oxygens (including phenoxy) is 3. The number of aliphatic hydroxyl groups excluding tert-OH is 1. The topological polar surface area (TPSA) is 155 Å². The fourth-order valence-electron chi connectivity index (χ4n) is 9.03. The molecule has 0 aromatic carbocycles. The van der Waals surface area contributed by atoms with Crippen LogP contribution < -0.4 is 0 Å². The van der Waals surface area contributed by atoms with E-state index in [9.17, 15) is 28.9 Å². The van der Waals surface area contributed by atoms with E-state index in [1.165, 1.54) is 109 Å². The maximum atomic E-state index is 13.0. The lowest BCUT2D eigenvalue weighted by Gasteiger charge is -2.21. The summed E-state index contributed by atoms with van der Waals surface area (Å²) in [7, 11) is -4.77. The summed E-state index contributed by atoms with van der Waals surface area (Å²) in [6, 6.07) is 0. The van der Waals surface area contributed by atoms with Crippen molar-refractivity contribution < 1.29 is 52.2 Å². The van der Waals surface area contributed by atoms with E-state index in [1.54, 1.807) is 0 Å². The molecule has 0 aliphatic rings. The molecule has 0 aliphatic heterocycles. The highest BCUT2D eigenvalue weighted by atomic mass is 31.2. The van der Waals surface area contributed by atoms with E-state index < -0.39 is 57.8 Å². The van der Waals surface area contributed by atoms with Crippen LogP contribution in [0.1, 0.15) is 290 Å². The minimum Gasteiger partial charge on any atom is -0.462 e. The lowest BCUT2D eigenvalue weighted by Crippen LogP contribution is -2.30. The number of carbonyl (C=O) groups is 3. The number of rotatable bonds is 62. The molecular formula is C72H123O11P. The SMILES string of the molecule is CC/C=C\C/C=C\C/C=C\C/C=C\C/C=C\CCCCCC(=O)OCC(COP(=O)(O)OCC(CO)OC(=O)CCCCCCCCCCC/C=C\CCCCCCCC)OC(=O)CCCCCCCC/C=C\C/C=C\C/C=C\CCCCC. The number of phosphoric acid groups is 1. The van der Waals surface area contributed by atoms with Crippen molar-refractivity contribution in [2.75, 3.05) is 26.4 Å². The van der Waals surface area contributed by atoms with Crippen LogP contribution in [-0.2, 0) is 42.2 Å². The zero-order chi connectivity index (χ0) is 61.2. The molecule has 0 amide bonds. The fraction of sp³-hybridized carbons (Fsp3) is 0.708. The third-order valence-corrected chi connectivity index (χ3v) is 15.1. The van der Waals surface area contributed by atoms with Gasteiger partial charge in [0, 0.05) is 19.3 Å². The molecule has 482 valence electrons. The van der Waals surface area contributed by atoms with E-state index in [2.05, 4.69) is 130 Å². The van der Waals surface area contributed by atoms with Gasteiger partial charge in [-0.3, -0.25) is 23.4 Å². The second-order valence-corrected chi connectivity index (χ2v) is 23.7. The lowest BCUT2D eigenvalue weighted by atomic mass is 10.1. The van der Waals surface area contributed by atoms with Crippen LogP contribution in [0.25, 0.3) is 0 Å². The van der Waals surface area contributed by atoms with Gasteiger partial charge >= 0.3 is 25.7 Å².